The first-order valence-electron chi connectivity index (χ1n) is 6.14. The largest absolute Gasteiger partial charge is 0.452 e. The van der Waals surface area contributed by atoms with Gasteiger partial charge in [-0.25, -0.2) is 9.18 Å². The monoisotopic (exact) mass is 341 g/mol. The molecule has 0 bridgehead atoms. The number of carbonyl (C=O) groups is 2. The second-order valence-corrected chi connectivity index (χ2v) is 5.02. The van der Waals surface area contributed by atoms with Gasteiger partial charge < -0.3 is 10.1 Å². The number of hydrogen-bond donors (Lipinski definition) is 1. The van der Waals surface area contributed by atoms with Crippen LogP contribution in [0.2, 0.25) is 10.0 Å². The van der Waals surface area contributed by atoms with E-state index in [1.807, 2.05) is 0 Å². The van der Waals surface area contributed by atoms with E-state index in [2.05, 4.69) is 5.32 Å². The third-order valence-corrected chi connectivity index (χ3v) is 3.44. The lowest BCUT2D eigenvalue weighted by Gasteiger charge is -2.08. The van der Waals surface area contributed by atoms with Crippen LogP contribution in [-0.2, 0) is 9.53 Å². The quantitative estimate of drug-likeness (QED) is 0.857. The Bertz CT molecular complexity index is 722. The van der Waals surface area contributed by atoms with Gasteiger partial charge >= 0.3 is 5.97 Å². The molecule has 2 aromatic carbocycles. The predicted molar refractivity (Wildman–Crippen MR) is 81.8 cm³/mol. The molecule has 0 saturated carbocycles. The highest BCUT2D eigenvalue weighted by atomic mass is 35.5. The van der Waals surface area contributed by atoms with Crippen molar-refractivity contribution in [3.8, 4) is 0 Å². The third kappa shape index (κ3) is 4.19. The summed E-state index contributed by atoms with van der Waals surface area (Å²) in [7, 11) is 0. The van der Waals surface area contributed by atoms with Crippen molar-refractivity contribution in [2.24, 2.45) is 0 Å². The van der Waals surface area contributed by atoms with E-state index in [-0.39, 0.29) is 15.6 Å². The van der Waals surface area contributed by atoms with Gasteiger partial charge in [0.05, 0.1) is 21.3 Å². The van der Waals surface area contributed by atoms with Gasteiger partial charge in [0.15, 0.2) is 6.61 Å². The van der Waals surface area contributed by atoms with E-state index in [1.54, 1.807) is 18.2 Å². The van der Waals surface area contributed by atoms with Gasteiger partial charge in [-0.2, -0.15) is 0 Å². The van der Waals surface area contributed by atoms with Crippen molar-refractivity contribution in [2.75, 3.05) is 11.9 Å². The molecule has 2 aromatic rings. The maximum absolute atomic E-state index is 13.0. The second-order valence-electron chi connectivity index (χ2n) is 4.24. The van der Waals surface area contributed by atoms with Gasteiger partial charge in [0.1, 0.15) is 5.82 Å². The van der Waals surface area contributed by atoms with Crippen LogP contribution in [0.4, 0.5) is 10.1 Å². The molecule has 22 heavy (non-hydrogen) atoms. The molecule has 2 rings (SSSR count). The van der Waals surface area contributed by atoms with Crippen molar-refractivity contribution in [1.29, 1.82) is 0 Å². The zero-order valence-electron chi connectivity index (χ0n) is 11.1. The smallest absolute Gasteiger partial charge is 0.338 e. The molecule has 0 radical (unpaired) electrons. The van der Waals surface area contributed by atoms with Crippen molar-refractivity contribution in [3.05, 3.63) is 63.9 Å². The molecule has 114 valence electrons. The summed E-state index contributed by atoms with van der Waals surface area (Å²) in [5.74, 6) is -1.95. The summed E-state index contributed by atoms with van der Waals surface area (Å²) in [6.45, 7) is -0.530. The molecule has 0 atom stereocenters. The Morgan fingerprint density at radius 1 is 1.14 bits per heavy atom. The number of benzene rings is 2. The van der Waals surface area contributed by atoms with Crippen molar-refractivity contribution < 1.29 is 18.7 Å². The van der Waals surface area contributed by atoms with Gasteiger partial charge in [-0.3, -0.25) is 4.79 Å². The molecule has 1 amide bonds. The summed E-state index contributed by atoms with van der Waals surface area (Å²) >= 11 is 11.7. The lowest BCUT2D eigenvalue weighted by atomic mass is 10.2. The van der Waals surface area contributed by atoms with Crippen LogP contribution in [0, 0.1) is 5.82 Å². The molecule has 0 unspecified atom stereocenters. The fraction of sp³-hybridized carbons (Fsp3) is 0.0667. The fourth-order valence-corrected chi connectivity index (χ4v) is 1.96. The molecule has 4 nitrogen and oxygen atoms in total. The van der Waals surface area contributed by atoms with Gasteiger partial charge in [-0.15, -0.1) is 0 Å². The van der Waals surface area contributed by atoms with Crippen LogP contribution in [0.1, 0.15) is 10.4 Å². The number of esters is 1. The van der Waals surface area contributed by atoms with Crippen LogP contribution in [0.5, 0.6) is 0 Å². The van der Waals surface area contributed by atoms with Gasteiger partial charge in [-0.1, -0.05) is 35.3 Å². The molecule has 1 N–H and O–H groups in total. The zero-order valence-corrected chi connectivity index (χ0v) is 12.6. The fourth-order valence-electron chi connectivity index (χ4n) is 1.62. The molecule has 0 saturated heterocycles. The number of halogens is 3. The molecular formula is C15H10Cl2FNO3. The van der Waals surface area contributed by atoms with Crippen LogP contribution in [0.3, 0.4) is 0 Å². The van der Waals surface area contributed by atoms with Gasteiger partial charge in [0, 0.05) is 0 Å². The molecule has 7 heteroatoms. The summed E-state index contributed by atoms with van der Waals surface area (Å²) in [5.41, 5.74) is 0.328. The average molecular weight is 342 g/mol. The summed E-state index contributed by atoms with van der Waals surface area (Å²) in [4.78, 5) is 23.4. The first-order valence-corrected chi connectivity index (χ1v) is 6.89. The molecular weight excluding hydrogens is 332 g/mol. The lowest BCUT2D eigenvalue weighted by molar-refractivity contribution is -0.119. The van der Waals surface area contributed by atoms with Gasteiger partial charge in [0.2, 0.25) is 0 Å². The van der Waals surface area contributed by atoms with Crippen LogP contribution in [0.15, 0.2) is 42.5 Å². The minimum Gasteiger partial charge on any atom is -0.452 e. The molecule has 0 aliphatic carbocycles. The maximum Gasteiger partial charge on any atom is 0.338 e. The van der Waals surface area contributed by atoms with Crippen LogP contribution in [0.25, 0.3) is 0 Å². The topological polar surface area (TPSA) is 55.4 Å². The number of ether oxygens (including phenoxy) is 1. The number of nitrogens with one attached hydrogen (secondary N) is 1. The van der Waals surface area contributed by atoms with Crippen molar-refractivity contribution in [1.82, 2.24) is 0 Å². The standard InChI is InChI=1S/C15H10Cl2FNO3/c16-11-5-2-6-12(14(11)17)19-13(20)8-22-15(21)9-3-1-4-10(18)7-9/h1-7H,8H2,(H,19,20). The minimum atomic E-state index is -0.799. The Morgan fingerprint density at radius 3 is 2.59 bits per heavy atom. The second kappa shape index (κ2) is 7.24. The summed E-state index contributed by atoms with van der Waals surface area (Å²) < 4.78 is 17.8. The molecule has 0 aliphatic heterocycles. The molecule has 0 spiro atoms. The van der Waals surface area contributed by atoms with E-state index in [0.29, 0.717) is 5.69 Å². The predicted octanol–water partition coefficient (Wildman–Crippen LogP) is 3.93. The Kier molecular flexibility index (Phi) is 5.35. The van der Waals surface area contributed by atoms with Crippen molar-refractivity contribution in [2.45, 2.75) is 0 Å². The van der Waals surface area contributed by atoms with Crippen LogP contribution >= 0.6 is 23.2 Å². The Morgan fingerprint density at radius 2 is 1.86 bits per heavy atom. The van der Waals surface area contributed by atoms with Crippen molar-refractivity contribution >= 4 is 40.8 Å². The van der Waals surface area contributed by atoms with E-state index in [4.69, 9.17) is 27.9 Å². The van der Waals surface area contributed by atoms with Gasteiger partial charge in [-0.05, 0) is 30.3 Å². The van der Waals surface area contributed by atoms with Crippen LogP contribution in [-0.4, -0.2) is 18.5 Å². The highest BCUT2D eigenvalue weighted by Crippen LogP contribution is 2.29. The summed E-state index contributed by atoms with van der Waals surface area (Å²) in [5, 5.41) is 2.94. The SMILES string of the molecule is O=C(COC(=O)c1cccc(F)c1)Nc1cccc(Cl)c1Cl. The average Bonchev–Trinajstić information content (AvgIpc) is 2.49. The lowest BCUT2D eigenvalue weighted by Crippen LogP contribution is -2.21. The summed E-state index contributed by atoms with van der Waals surface area (Å²) in [6.07, 6.45) is 0. The van der Waals surface area contributed by atoms with Gasteiger partial charge in [0.25, 0.3) is 5.91 Å². The minimum absolute atomic E-state index is 0.0218. The number of rotatable bonds is 4. The normalized spacial score (nSPS) is 10.1. The van der Waals surface area contributed by atoms with E-state index in [9.17, 15) is 14.0 Å². The number of amides is 1. The molecule has 0 fully saturated rings. The number of carbonyl (C=O) groups excluding carboxylic acids is 2. The van der Waals surface area contributed by atoms with E-state index in [1.165, 1.54) is 18.2 Å². The maximum atomic E-state index is 13.0. The van der Waals surface area contributed by atoms with Crippen molar-refractivity contribution in [3.63, 3.8) is 0 Å². The highest BCUT2D eigenvalue weighted by molar-refractivity contribution is 6.44. The molecule has 0 aliphatic rings. The molecule has 0 heterocycles. The first kappa shape index (κ1) is 16.3. The number of hydrogen-bond acceptors (Lipinski definition) is 3. The summed E-state index contributed by atoms with van der Waals surface area (Å²) in [6, 6.07) is 9.72. The molecule has 0 aromatic heterocycles. The Labute approximate surface area is 135 Å². The Hall–Kier alpha value is -2.11. The van der Waals surface area contributed by atoms with E-state index >= 15 is 0 Å². The number of anilines is 1. The van der Waals surface area contributed by atoms with Crippen LogP contribution < -0.4 is 5.32 Å². The first-order chi connectivity index (χ1) is 10.5. The zero-order chi connectivity index (χ0) is 16.1. The van der Waals surface area contributed by atoms with E-state index in [0.717, 1.165) is 6.07 Å². The van der Waals surface area contributed by atoms with E-state index < -0.39 is 24.3 Å². The third-order valence-electron chi connectivity index (χ3n) is 2.62. The highest BCUT2D eigenvalue weighted by Gasteiger charge is 2.12. The Balaban J connectivity index is 1.93.